The summed E-state index contributed by atoms with van der Waals surface area (Å²) in [5, 5.41) is 28.0. The topological polar surface area (TPSA) is 121 Å². The molecule has 1 heterocycles. The number of hydrogen-bond acceptors (Lipinski definition) is 7. The van der Waals surface area contributed by atoms with E-state index in [1.165, 1.54) is 12.3 Å². The number of carboxylic acid groups (broad SMARTS) is 1. The average Bonchev–Trinajstić information content (AvgIpc) is 2.82. The number of carboxylic acids is 1. The summed E-state index contributed by atoms with van der Waals surface area (Å²) in [4.78, 5) is 22.2. The molecule has 0 unspecified atom stereocenters. The summed E-state index contributed by atoms with van der Waals surface area (Å²) in [7, 11) is 0. The predicted molar refractivity (Wildman–Crippen MR) is 86.1 cm³/mol. The Morgan fingerprint density at radius 1 is 1.52 bits per heavy atom. The van der Waals surface area contributed by atoms with Gasteiger partial charge in [0.15, 0.2) is 16.7 Å². The van der Waals surface area contributed by atoms with Crippen LogP contribution in [0, 0.1) is 0 Å². The van der Waals surface area contributed by atoms with E-state index in [1.807, 2.05) is 0 Å². The fourth-order valence-electron chi connectivity index (χ4n) is 1.78. The number of amidine groups is 1. The van der Waals surface area contributed by atoms with Crippen molar-refractivity contribution in [1.82, 2.24) is 5.32 Å². The molecule has 1 aromatic carbocycles. The Hall–Kier alpha value is -2.55. The quantitative estimate of drug-likeness (QED) is 0.529. The highest BCUT2D eigenvalue weighted by Gasteiger charge is 2.32. The number of phenols is 1. The van der Waals surface area contributed by atoms with E-state index < -0.39 is 17.1 Å². The van der Waals surface area contributed by atoms with E-state index in [0.717, 1.165) is 11.8 Å². The van der Waals surface area contributed by atoms with Crippen LogP contribution in [0.3, 0.4) is 0 Å². The Kier molecular flexibility index (Phi) is 5.58. The fourth-order valence-corrected chi connectivity index (χ4v) is 2.69. The van der Waals surface area contributed by atoms with Crippen molar-refractivity contribution in [3.63, 3.8) is 0 Å². The minimum atomic E-state index is -1.05. The molecule has 1 fully saturated rings. The third-order valence-corrected chi connectivity index (χ3v) is 3.85. The number of hydrogen-bond donors (Lipinski definition) is 3. The zero-order valence-electron chi connectivity index (χ0n) is 12.2. The van der Waals surface area contributed by atoms with Gasteiger partial charge in [0, 0.05) is 0 Å². The molecule has 1 aliphatic rings. The second-order valence-electron chi connectivity index (χ2n) is 4.50. The first kappa shape index (κ1) is 16.8. The van der Waals surface area contributed by atoms with Crippen LogP contribution in [0.4, 0.5) is 0 Å². The fraction of sp³-hybridized carbons (Fsp3) is 0.286. The maximum absolute atomic E-state index is 11.5. The van der Waals surface area contributed by atoms with E-state index in [4.69, 9.17) is 9.84 Å². The number of carbonyl (C=O) groups is 2. The lowest BCUT2D eigenvalue weighted by atomic mass is 10.2. The number of phenolic OH excluding ortho intramolecular Hbond substituents is 1. The third-order valence-electron chi connectivity index (χ3n) is 2.78. The lowest BCUT2D eigenvalue weighted by Crippen LogP contribution is -2.26. The Labute approximate surface area is 136 Å². The number of nitrogens with one attached hydrogen (secondary N) is 1. The number of nitrogens with zero attached hydrogens (tertiary/aromatic N) is 2. The molecular weight excluding hydrogens is 322 g/mol. The van der Waals surface area contributed by atoms with Crippen molar-refractivity contribution in [3.05, 3.63) is 23.8 Å². The molecule has 8 nitrogen and oxygen atoms in total. The SMILES string of the molecule is CCOc1cc(/C=N/N=C2/NC(=O)[C@H](CC(=O)O)S2)ccc1O. The zero-order chi connectivity index (χ0) is 16.8. The summed E-state index contributed by atoms with van der Waals surface area (Å²) < 4.78 is 5.26. The molecule has 0 bridgehead atoms. The van der Waals surface area contributed by atoms with Crippen LogP contribution in [0.5, 0.6) is 11.5 Å². The van der Waals surface area contributed by atoms with Crippen molar-refractivity contribution >= 4 is 35.0 Å². The van der Waals surface area contributed by atoms with Crippen LogP contribution in [0.15, 0.2) is 28.4 Å². The van der Waals surface area contributed by atoms with Gasteiger partial charge >= 0.3 is 5.97 Å². The van der Waals surface area contributed by atoms with E-state index in [-0.39, 0.29) is 17.3 Å². The van der Waals surface area contributed by atoms with Gasteiger partial charge in [0.2, 0.25) is 5.91 Å². The van der Waals surface area contributed by atoms with Gasteiger partial charge in [0.1, 0.15) is 5.25 Å². The minimum absolute atomic E-state index is 0.0328. The number of aromatic hydroxyl groups is 1. The molecule has 3 N–H and O–H groups in total. The molecule has 2 rings (SSSR count). The second-order valence-corrected chi connectivity index (χ2v) is 5.69. The average molecular weight is 337 g/mol. The smallest absolute Gasteiger partial charge is 0.305 e. The van der Waals surface area contributed by atoms with Gasteiger partial charge in [-0.25, -0.2) is 0 Å². The Morgan fingerprint density at radius 3 is 3.00 bits per heavy atom. The lowest BCUT2D eigenvalue weighted by Gasteiger charge is -2.05. The van der Waals surface area contributed by atoms with Crippen LogP contribution in [-0.2, 0) is 9.59 Å². The third kappa shape index (κ3) is 4.71. The molecular formula is C14H15N3O5S. The first-order valence-corrected chi connectivity index (χ1v) is 7.63. The first-order valence-electron chi connectivity index (χ1n) is 6.75. The molecule has 122 valence electrons. The largest absolute Gasteiger partial charge is 0.504 e. The number of ether oxygens (including phenoxy) is 1. The van der Waals surface area contributed by atoms with Gasteiger partial charge in [0.25, 0.3) is 0 Å². The molecule has 1 saturated heterocycles. The summed E-state index contributed by atoms with van der Waals surface area (Å²) >= 11 is 1.03. The van der Waals surface area contributed by atoms with E-state index in [9.17, 15) is 14.7 Å². The monoisotopic (exact) mass is 337 g/mol. The molecule has 0 aromatic heterocycles. The van der Waals surface area contributed by atoms with E-state index in [2.05, 4.69) is 15.5 Å². The molecule has 0 radical (unpaired) electrons. The summed E-state index contributed by atoms with van der Waals surface area (Å²) in [6.45, 7) is 2.23. The normalized spacial score (nSPS) is 19.3. The minimum Gasteiger partial charge on any atom is -0.504 e. The van der Waals surface area contributed by atoms with Gasteiger partial charge in [-0.1, -0.05) is 11.8 Å². The lowest BCUT2D eigenvalue weighted by molar-refractivity contribution is -0.138. The number of benzene rings is 1. The van der Waals surface area contributed by atoms with E-state index in [1.54, 1.807) is 19.1 Å². The van der Waals surface area contributed by atoms with Crippen molar-refractivity contribution in [2.24, 2.45) is 10.2 Å². The molecule has 1 atom stereocenters. The van der Waals surface area contributed by atoms with Crippen molar-refractivity contribution < 1.29 is 24.5 Å². The van der Waals surface area contributed by atoms with Crippen molar-refractivity contribution in [2.75, 3.05) is 6.61 Å². The van der Waals surface area contributed by atoms with Crippen LogP contribution in [0.2, 0.25) is 0 Å². The van der Waals surface area contributed by atoms with E-state index >= 15 is 0 Å². The van der Waals surface area contributed by atoms with E-state index in [0.29, 0.717) is 17.9 Å². The standard InChI is InChI=1S/C14H15N3O5S/c1-2-22-10-5-8(3-4-9(10)18)7-15-17-14-16-13(21)11(23-14)6-12(19)20/h3-5,7,11,18H,2,6H2,1H3,(H,19,20)(H,16,17,21)/b15-7+/t11-/m0/s1. The highest BCUT2D eigenvalue weighted by atomic mass is 32.2. The summed E-state index contributed by atoms with van der Waals surface area (Å²) in [6.07, 6.45) is 1.17. The maximum atomic E-state index is 11.5. The summed E-state index contributed by atoms with van der Waals surface area (Å²) in [6, 6.07) is 4.72. The first-order chi connectivity index (χ1) is 11.0. The summed E-state index contributed by atoms with van der Waals surface area (Å²) in [5.41, 5.74) is 0.659. The van der Waals surface area contributed by atoms with Gasteiger partial charge in [-0.15, -0.1) is 5.10 Å². The molecule has 0 spiro atoms. The second kappa shape index (κ2) is 7.63. The van der Waals surface area contributed by atoms with Crippen LogP contribution in [0.25, 0.3) is 0 Å². The molecule has 9 heteroatoms. The molecule has 1 aliphatic heterocycles. The number of thioether (sulfide) groups is 1. The van der Waals surface area contributed by atoms with Gasteiger partial charge in [-0.05, 0) is 30.7 Å². The van der Waals surface area contributed by atoms with Crippen LogP contribution >= 0.6 is 11.8 Å². The van der Waals surface area contributed by atoms with Gasteiger partial charge < -0.3 is 20.3 Å². The zero-order valence-corrected chi connectivity index (χ0v) is 13.0. The molecule has 1 aromatic rings. The number of carbonyl (C=O) groups excluding carboxylic acids is 1. The van der Waals surface area contributed by atoms with Gasteiger partial charge in [-0.2, -0.15) is 5.10 Å². The molecule has 1 amide bonds. The van der Waals surface area contributed by atoms with Gasteiger partial charge in [0.05, 0.1) is 19.2 Å². The number of amides is 1. The van der Waals surface area contributed by atoms with Crippen LogP contribution < -0.4 is 10.1 Å². The highest BCUT2D eigenvalue weighted by molar-refractivity contribution is 8.15. The Morgan fingerprint density at radius 2 is 2.30 bits per heavy atom. The summed E-state index contributed by atoms with van der Waals surface area (Å²) in [5.74, 6) is -1.07. The Bertz CT molecular complexity index is 674. The van der Waals surface area contributed by atoms with Crippen LogP contribution in [-0.4, -0.2) is 45.3 Å². The predicted octanol–water partition coefficient (Wildman–Crippen LogP) is 1.19. The van der Waals surface area contributed by atoms with Crippen molar-refractivity contribution in [2.45, 2.75) is 18.6 Å². The molecule has 0 saturated carbocycles. The van der Waals surface area contributed by atoms with Crippen LogP contribution in [0.1, 0.15) is 18.9 Å². The van der Waals surface area contributed by atoms with Gasteiger partial charge in [-0.3, -0.25) is 9.59 Å². The highest BCUT2D eigenvalue weighted by Crippen LogP contribution is 2.26. The van der Waals surface area contributed by atoms with Crippen molar-refractivity contribution in [3.8, 4) is 11.5 Å². The number of rotatable bonds is 6. The Balaban J connectivity index is 2.02. The maximum Gasteiger partial charge on any atom is 0.305 e. The number of aliphatic carboxylic acids is 1. The molecule has 23 heavy (non-hydrogen) atoms. The van der Waals surface area contributed by atoms with Crippen molar-refractivity contribution in [1.29, 1.82) is 0 Å². The molecule has 0 aliphatic carbocycles.